The molecule has 3 heterocycles. The molecule has 4 aromatic rings. The molecule has 3 aromatic heterocycles. The maximum Gasteiger partial charge on any atom is 0.264 e. The van der Waals surface area contributed by atoms with Crippen molar-refractivity contribution in [2.75, 3.05) is 5.32 Å². The SMILES string of the molecule is Cc1ccccc1Cn1ccc(NC(=O)Cn2nc(C)c3c(C(F)F)cc(C4CC4)nc32)n1. The van der Waals surface area contributed by atoms with Gasteiger partial charge < -0.3 is 5.32 Å². The minimum Gasteiger partial charge on any atom is -0.308 e. The summed E-state index contributed by atoms with van der Waals surface area (Å²) in [6.45, 7) is 4.16. The number of aryl methyl sites for hydroxylation is 2. The summed E-state index contributed by atoms with van der Waals surface area (Å²) in [5.74, 6) is 0.279. The highest BCUT2D eigenvalue weighted by Crippen LogP contribution is 2.41. The third-order valence-corrected chi connectivity index (χ3v) is 5.95. The van der Waals surface area contributed by atoms with E-state index in [2.05, 4.69) is 20.5 Å². The van der Waals surface area contributed by atoms with Crippen LogP contribution in [0.2, 0.25) is 0 Å². The highest BCUT2D eigenvalue weighted by molar-refractivity contribution is 5.91. The summed E-state index contributed by atoms with van der Waals surface area (Å²) in [6, 6.07) is 11.3. The first-order chi connectivity index (χ1) is 15.9. The Morgan fingerprint density at radius 3 is 2.70 bits per heavy atom. The molecule has 1 fully saturated rings. The van der Waals surface area contributed by atoms with Gasteiger partial charge in [0.15, 0.2) is 11.5 Å². The van der Waals surface area contributed by atoms with Crippen molar-refractivity contribution in [1.29, 1.82) is 0 Å². The molecule has 0 spiro atoms. The molecule has 0 atom stereocenters. The van der Waals surface area contributed by atoms with Crippen LogP contribution in [0.15, 0.2) is 42.6 Å². The Bertz CT molecular complexity index is 1340. The first-order valence-corrected chi connectivity index (χ1v) is 10.9. The molecule has 0 saturated heterocycles. The summed E-state index contributed by atoms with van der Waals surface area (Å²) in [6.07, 6.45) is 1.06. The molecule has 33 heavy (non-hydrogen) atoms. The van der Waals surface area contributed by atoms with Gasteiger partial charge in [0.25, 0.3) is 6.43 Å². The van der Waals surface area contributed by atoms with Gasteiger partial charge in [0.1, 0.15) is 6.54 Å². The van der Waals surface area contributed by atoms with Crippen molar-refractivity contribution in [2.24, 2.45) is 0 Å². The van der Waals surface area contributed by atoms with Crippen LogP contribution in [0.4, 0.5) is 14.6 Å². The third kappa shape index (κ3) is 4.35. The van der Waals surface area contributed by atoms with E-state index >= 15 is 0 Å². The van der Waals surface area contributed by atoms with E-state index in [0.29, 0.717) is 34.8 Å². The molecule has 1 aromatic carbocycles. The largest absolute Gasteiger partial charge is 0.308 e. The summed E-state index contributed by atoms with van der Waals surface area (Å²) in [7, 11) is 0. The number of hydrogen-bond acceptors (Lipinski definition) is 4. The summed E-state index contributed by atoms with van der Waals surface area (Å²) in [5, 5.41) is 11.8. The molecule has 0 bridgehead atoms. The molecule has 170 valence electrons. The molecule has 5 rings (SSSR count). The average molecular weight is 450 g/mol. The fraction of sp³-hybridized carbons (Fsp3) is 0.333. The summed E-state index contributed by atoms with van der Waals surface area (Å²) < 4.78 is 30.6. The van der Waals surface area contributed by atoms with Crippen LogP contribution in [0.5, 0.6) is 0 Å². The number of carbonyl (C=O) groups excluding carboxylic acids is 1. The number of aromatic nitrogens is 5. The van der Waals surface area contributed by atoms with E-state index in [-0.39, 0.29) is 23.9 Å². The van der Waals surface area contributed by atoms with Crippen molar-refractivity contribution in [1.82, 2.24) is 24.5 Å². The second-order valence-electron chi connectivity index (χ2n) is 8.53. The third-order valence-electron chi connectivity index (χ3n) is 5.95. The Balaban J connectivity index is 1.35. The number of nitrogens with one attached hydrogen (secondary N) is 1. The number of hydrogen-bond donors (Lipinski definition) is 1. The lowest BCUT2D eigenvalue weighted by atomic mass is 10.1. The molecule has 1 amide bonds. The quantitative estimate of drug-likeness (QED) is 0.441. The van der Waals surface area contributed by atoms with E-state index in [1.165, 1.54) is 16.3 Å². The van der Waals surface area contributed by atoms with Gasteiger partial charge in [0.2, 0.25) is 5.91 Å². The average Bonchev–Trinajstić information content (AvgIpc) is 3.47. The Morgan fingerprint density at radius 2 is 1.97 bits per heavy atom. The lowest BCUT2D eigenvalue weighted by Gasteiger charge is -2.08. The Morgan fingerprint density at radius 1 is 1.18 bits per heavy atom. The van der Waals surface area contributed by atoms with Gasteiger partial charge in [-0.25, -0.2) is 18.4 Å². The zero-order chi connectivity index (χ0) is 23.1. The number of carbonyl (C=O) groups is 1. The van der Waals surface area contributed by atoms with Gasteiger partial charge in [-0.1, -0.05) is 24.3 Å². The number of rotatable bonds is 7. The van der Waals surface area contributed by atoms with Gasteiger partial charge in [0.05, 0.1) is 17.6 Å². The second-order valence-corrected chi connectivity index (χ2v) is 8.53. The Kier molecular flexibility index (Phi) is 5.39. The van der Waals surface area contributed by atoms with Crippen LogP contribution in [0, 0.1) is 13.8 Å². The van der Waals surface area contributed by atoms with Gasteiger partial charge in [-0.2, -0.15) is 10.2 Å². The molecule has 7 nitrogen and oxygen atoms in total. The molecule has 0 unspecified atom stereocenters. The number of halogens is 2. The lowest BCUT2D eigenvalue weighted by Crippen LogP contribution is -2.20. The fourth-order valence-corrected chi connectivity index (χ4v) is 4.07. The zero-order valence-electron chi connectivity index (χ0n) is 18.4. The number of fused-ring (bicyclic) bond motifs is 1. The van der Waals surface area contributed by atoms with Crippen LogP contribution in [0.3, 0.4) is 0 Å². The van der Waals surface area contributed by atoms with Crippen LogP contribution in [-0.4, -0.2) is 30.5 Å². The minimum absolute atomic E-state index is 0.0685. The van der Waals surface area contributed by atoms with E-state index in [0.717, 1.165) is 18.4 Å². The maximum atomic E-state index is 13.7. The first-order valence-electron chi connectivity index (χ1n) is 10.9. The predicted molar refractivity (Wildman–Crippen MR) is 120 cm³/mol. The highest BCUT2D eigenvalue weighted by atomic mass is 19.3. The van der Waals surface area contributed by atoms with Gasteiger partial charge in [-0.15, -0.1) is 0 Å². The molecule has 1 aliphatic carbocycles. The number of alkyl halides is 2. The van der Waals surface area contributed by atoms with Crippen LogP contribution < -0.4 is 5.32 Å². The highest BCUT2D eigenvalue weighted by Gasteiger charge is 2.29. The molecular formula is C24H24F2N6O. The van der Waals surface area contributed by atoms with E-state index < -0.39 is 6.43 Å². The standard InChI is InChI=1S/C24H24F2N6O/c1-14-5-3-4-6-17(14)12-31-10-9-20(30-31)28-21(33)13-32-24-22(15(2)29-32)18(23(25)26)11-19(27-24)16-7-8-16/h3-6,9-11,16,23H,7-8,12-13H2,1-2H3,(H,28,30,33). The van der Waals surface area contributed by atoms with Crippen molar-refractivity contribution in [2.45, 2.75) is 52.1 Å². The molecule has 0 aliphatic heterocycles. The molecule has 1 saturated carbocycles. The fourth-order valence-electron chi connectivity index (χ4n) is 4.07. The van der Waals surface area contributed by atoms with Crippen molar-refractivity contribution in [3.63, 3.8) is 0 Å². The number of benzene rings is 1. The van der Waals surface area contributed by atoms with Crippen LogP contribution >= 0.6 is 0 Å². The first kappa shape index (κ1) is 21.2. The van der Waals surface area contributed by atoms with Crippen LogP contribution in [0.25, 0.3) is 11.0 Å². The van der Waals surface area contributed by atoms with Crippen LogP contribution in [0.1, 0.15) is 53.3 Å². The smallest absolute Gasteiger partial charge is 0.264 e. The van der Waals surface area contributed by atoms with E-state index in [1.807, 2.05) is 31.2 Å². The number of amides is 1. The number of pyridine rings is 1. The van der Waals surface area contributed by atoms with Gasteiger partial charge >= 0.3 is 0 Å². The number of anilines is 1. The minimum atomic E-state index is -2.63. The van der Waals surface area contributed by atoms with Gasteiger partial charge in [-0.05, 0) is 43.9 Å². The number of nitrogens with zero attached hydrogens (tertiary/aromatic N) is 5. The lowest BCUT2D eigenvalue weighted by molar-refractivity contribution is -0.116. The summed E-state index contributed by atoms with van der Waals surface area (Å²) in [5.41, 5.74) is 3.65. The zero-order valence-corrected chi connectivity index (χ0v) is 18.4. The van der Waals surface area contributed by atoms with E-state index in [1.54, 1.807) is 23.9 Å². The van der Waals surface area contributed by atoms with E-state index in [4.69, 9.17) is 0 Å². The molecule has 9 heteroatoms. The van der Waals surface area contributed by atoms with Crippen LogP contribution in [-0.2, 0) is 17.9 Å². The maximum absolute atomic E-state index is 13.7. The summed E-state index contributed by atoms with van der Waals surface area (Å²) >= 11 is 0. The van der Waals surface area contributed by atoms with Gasteiger partial charge in [0, 0.05) is 29.4 Å². The second kappa shape index (κ2) is 8.38. The van der Waals surface area contributed by atoms with Gasteiger partial charge in [-0.3, -0.25) is 9.48 Å². The normalized spacial score (nSPS) is 13.7. The molecular weight excluding hydrogens is 426 g/mol. The monoisotopic (exact) mass is 450 g/mol. The predicted octanol–water partition coefficient (Wildman–Crippen LogP) is 4.75. The Hall–Kier alpha value is -3.62. The molecule has 1 aliphatic rings. The van der Waals surface area contributed by atoms with Crippen molar-refractivity contribution in [3.05, 3.63) is 70.7 Å². The topological polar surface area (TPSA) is 77.6 Å². The van der Waals surface area contributed by atoms with Crippen molar-refractivity contribution >= 4 is 22.8 Å². The molecule has 1 N–H and O–H groups in total. The molecule has 0 radical (unpaired) electrons. The van der Waals surface area contributed by atoms with E-state index in [9.17, 15) is 13.6 Å². The summed E-state index contributed by atoms with van der Waals surface area (Å²) in [4.78, 5) is 17.3. The van der Waals surface area contributed by atoms with Crippen molar-refractivity contribution in [3.8, 4) is 0 Å². The Labute approximate surface area is 189 Å². The van der Waals surface area contributed by atoms with Crippen molar-refractivity contribution < 1.29 is 13.6 Å².